The topological polar surface area (TPSA) is 0 Å². The van der Waals surface area contributed by atoms with Gasteiger partial charge in [-0.3, -0.25) is 0 Å². The summed E-state index contributed by atoms with van der Waals surface area (Å²) in [5.74, 6) is 5.19. The van der Waals surface area contributed by atoms with E-state index in [1.54, 1.807) is 0 Å². The van der Waals surface area contributed by atoms with Crippen LogP contribution >= 0.6 is 0 Å². The molecular formula is C9H14. The van der Waals surface area contributed by atoms with Gasteiger partial charge in [-0.25, -0.2) is 0 Å². The summed E-state index contributed by atoms with van der Waals surface area (Å²) >= 11 is 0. The summed E-state index contributed by atoms with van der Waals surface area (Å²) in [6, 6.07) is 0. The quantitative estimate of drug-likeness (QED) is 0.493. The summed E-state index contributed by atoms with van der Waals surface area (Å²) in [6.07, 6.45) is 7.86. The molecule has 0 bridgehead atoms. The molecule has 0 saturated heterocycles. The van der Waals surface area contributed by atoms with E-state index in [2.05, 4.69) is 19.8 Å². The Morgan fingerprint density at radius 1 is 1.22 bits per heavy atom. The van der Waals surface area contributed by atoms with Crippen molar-refractivity contribution in [1.29, 1.82) is 0 Å². The Balaban J connectivity index is 2.37. The van der Waals surface area contributed by atoms with Crippen LogP contribution < -0.4 is 0 Å². The highest BCUT2D eigenvalue weighted by Crippen LogP contribution is 2.49. The molecule has 0 aromatic heterocycles. The number of hydrogen-bond acceptors (Lipinski definition) is 0. The molecule has 0 amide bonds. The highest BCUT2D eigenvalue weighted by molar-refractivity contribution is 5.12. The van der Waals surface area contributed by atoms with Gasteiger partial charge in [-0.15, -0.1) is 12.3 Å². The van der Waals surface area contributed by atoms with Crippen LogP contribution in [0, 0.1) is 30.1 Å². The lowest BCUT2D eigenvalue weighted by Crippen LogP contribution is -1.74. The SMILES string of the molecule is C#CC1C(CC)C1CC. The smallest absolute Gasteiger partial charge is 0.0262 e. The summed E-state index contributed by atoms with van der Waals surface area (Å²) in [6.45, 7) is 4.45. The first-order chi connectivity index (χ1) is 4.35. The fraction of sp³-hybridized carbons (Fsp3) is 0.778. The Morgan fingerprint density at radius 2 is 1.67 bits per heavy atom. The molecule has 1 aliphatic carbocycles. The molecule has 0 nitrogen and oxygen atoms in total. The largest absolute Gasteiger partial charge is 0.120 e. The van der Waals surface area contributed by atoms with Crippen molar-refractivity contribution >= 4 is 0 Å². The van der Waals surface area contributed by atoms with Gasteiger partial charge in [0.25, 0.3) is 0 Å². The maximum Gasteiger partial charge on any atom is 0.0262 e. The van der Waals surface area contributed by atoms with Crippen LogP contribution in [0.25, 0.3) is 0 Å². The lowest BCUT2D eigenvalue weighted by atomic mass is 10.2. The first kappa shape index (κ1) is 6.68. The first-order valence-corrected chi connectivity index (χ1v) is 3.81. The number of rotatable bonds is 2. The molecule has 0 heteroatoms. The van der Waals surface area contributed by atoms with Gasteiger partial charge in [-0.05, 0) is 11.8 Å². The third kappa shape index (κ3) is 0.965. The molecule has 0 spiro atoms. The van der Waals surface area contributed by atoms with Crippen LogP contribution in [-0.4, -0.2) is 0 Å². The second-order valence-electron chi connectivity index (χ2n) is 2.84. The summed E-state index contributed by atoms with van der Waals surface area (Å²) in [5.41, 5.74) is 0. The fourth-order valence-corrected chi connectivity index (χ4v) is 1.81. The van der Waals surface area contributed by atoms with Gasteiger partial charge >= 0.3 is 0 Å². The van der Waals surface area contributed by atoms with Crippen molar-refractivity contribution in [1.82, 2.24) is 0 Å². The van der Waals surface area contributed by atoms with Gasteiger partial charge in [0.05, 0.1) is 0 Å². The van der Waals surface area contributed by atoms with E-state index < -0.39 is 0 Å². The normalized spacial score (nSPS) is 39.9. The molecule has 2 unspecified atom stereocenters. The van der Waals surface area contributed by atoms with Crippen LogP contribution in [0.15, 0.2) is 0 Å². The molecule has 0 heterocycles. The zero-order valence-corrected chi connectivity index (χ0v) is 6.22. The van der Waals surface area contributed by atoms with Crippen molar-refractivity contribution in [3.05, 3.63) is 0 Å². The summed E-state index contributed by atoms with van der Waals surface area (Å²) in [4.78, 5) is 0. The third-order valence-corrected chi connectivity index (χ3v) is 2.47. The van der Waals surface area contributed by atoms with Gasteiger partial charge in [0.15, 0.2) is 0 Å². The van der Waals surface area contributed by atoms with Crippen LogP contribution in [0.1, 0.15) is 26.7 Å². The van der Waals surface area contributed by atoms with E-state index in [0.717, 1.165) is 11.8 Å². The molecule has 0 aromatic carbocycles. The van der Waals surface area contributed by atoms with E-state index in [4.69, 9.17) is 6.42 Å². The van der Waals surface area contributed by atoms with Gasteiger partial charge in [0, 0.05) is 5.92 Å². The van der Waals surface area contributed by atoms with Crippen molar-refractivity contribution in [3.63, 3.8) is 0 Å². The average Bonchev–Trinajstić information content (AvgIpc) is 2.59. The third-order valence-electron chi connectivity index (χ3n) is 2.47. The molecule has 0 aromatic rings. The maximum atomic E-state index is 5.32. The number of hydrogen-bond donors (Lipinski definition) is 0. The lowest BCUT2D eigenvalue weighted by Gasteiger charge is -1.84. The molecule has 2 atom stereocenters. The second-order valence-corrected chi connectivity index (χ2v) is 2.84. The molecular weight excluding hydrogens is 108 g/mol. The van der Waals surface area contributed by atoms with E-state index in [-0.39, 0.29) is 0 Å². The Kier molecular flexibility index (Phi) is 1.81. The van der Waals surface area contributed by atoms with E-state index >= 15 is 0 Å². The minimum Gasteiger partial charge on any atom is -0.120 e. The minimum atomic E-state index is 0.625. The first-order valence-electron chi connectivity index (χ1n) is 3.81. The van der Waals surface area contributed by atoms with Gasteiger partial charge in [-0.2, -0.15) is 0 Å². The number of terminal acetylenes is 1. The van der Waals surface area contributed by atoms with Crippen molar-refractivity contribution in [2.24, 2.45) is 17.8 Å². The average molecular weight is 122 g/mol. The van der Waals surface area contributed by atoms with Crippen molar-refractivity contribution in [3.8, 4) is 12.3 Å². The molecule has 9 heavy (non-hydrogen) atoms. The minimum absolute atomic E-state index is 0.625. The van der Waals surface area contributed by atoms with Crippen LogP contribution in [0.2, 0.25) is 0 Å². The summed E-state index contributed by atoms with van der Waals surface area (Å²) in [7, 11) is 0. The van der Waals surface area contributed by atoms with Gasteiger partial charge in [0.2, 0.25) is 0 Å². The highest BCUT2D eigenvalue weighted by atomic mass is 14.5. The van der Waals surface area contributed by atoms with Gasteiger partial charge in [-0.1, -0.05) is 26.7 Å². The molecule has 50 valence electrons. The maximum absolute atomic E-state index is 5.32. The van der Waals surface area contributed by atoms with Crippen molar-refractivity contribution in [2.45, 2.75) is 26.7 Å². The standard InChI is InChI=1S/C9H14/c1-4-7-8(5-2)9(7)6-3/h1,7-9H,5-6H2,2-3H3. The van der Waals surface area contributed by atoms with Crippen LogP contribution in [0.5, 0.6) is 0 Å². The van der Waals surface area contributed by atoms with Crippen LogP contribution in [0.3, 0.4) is 0 Å². The Labute approximate surface area is 57.7 Å². The lowest BCUT2D eigenvalue weighted by molar-refractivity contribution is 0.663. The molecule has 0 N–H and O–H groups in total. The highest BCUT2D eigenvalue weighted by Gasteiger charge is 2.45. The van der Waals surface area contributed by atoms with Gasteiger partial charge in [0.1, 0.15) is 0 Å². The molecule has 1 aliphatic rings. The zero-order chi connectivity index (χ0) is 6.85. The van der Waals surface area contributed by atoms with Crippen LogP contribution in [0.4, 0.5) is 0 Å². The Morgan fingerprint density at radius 3 is 1.78 bits per heavy atom. The summed E-state index contributed by atoms with van der Waals surface area (Å²) in [5, 5.41) is 0. The monoisotopic (exact) mass is 122 g/mol. The van der Waals surface area contributed by atoms with E-state index in [0.29, 0.717) is 5.92 Å². The van der Waals surface area contributed by atoms with Gasteiger partial charge < -0.3 is 0 Å². The van der Waals surface area contributed by atoms with Crippen LogP contribution in [-0.2, 0) is 0 Å². The van der Waals surface area contributed by atoms with E-state index in [1.807, 2.05) is 0 Å². The molecule has 0 radical (unpaired) electrons. The Bertz CT molecular complexity index is 119. The predicted molar refractivity (Wildman–Crippen MR) is 39.9 cm³/mol. The second kappa shape index (κ2) is 2.43. The van der Waals surface area contributed by atoms with Crippen molar-refractivity contribution < 1.29 is 0 Å². The molecule has 1 fully saturated rings. The molecule has 1 rings (SSSR count). The van der Waals surface area contributed by atoms with E-state index in [1.165, 1.54) is 12.8 Å². The summed E-state index contributed by atoms with van der Waals surface area (Å²) < 4.78 is 0. The Hall–Kier alpha value is -0.440. The molecule has 0 aliphatic heterocycles. The molecule has 1 saturated carbocycles. The fourth-order valence-electron chi connectivity index (χ4n) is 1.81. The zero-order valence-electron chi connectivity index (χ0n) is 6.22. The predicted octanol–water partition coefficient (Wildman–Crippen LogP) is 2.30. The van der Waals surface area contributed by atoms with E-state index in [9.17, 15) is 0 Å². The van der Waals surface area contributed by atoms with Crippen molar-refractivity contribution in [2.75, 3.05) is 0 Å².